The molecule has 0 aliphatic rings. The van der Waals surface area contributed by atoms with E-state index in [9.17, 15) is 0 Å². The van der Waals surface area contributed by atoms with Gasteiger partial charge in [-0.3, -0.25) is 0 Å². The van der Waals surface area contributed by atoms with Crippen LogP contribution in [0.15, 0.2) is 23.7 Å². The van der Waals surface area contributed by atoms with Gasteiger partial charge in [-0.05, 0) is 30.0 Å². The van der Waals surface area contributed by atoms with E-state index in [1.165, 1.54) is 10.3 Å². The molecule has 2 heteroatoms. The summed E-state index contributed by atoms with van der Waals surface area (Å²) in [6.45, 7) is 4.48. The Kier molecular flexibility index (Phi) is 2.32. The lowest BCUT2D eigenvalue weighted by atomic mass is 10.0. The molecule has 0 amide bonds. The highest BCUT2D eigenvalue weighted by Gasteiger charge is 2.00. The molecule has 0 aliphatic carbocycles. The van der Waals surface area contributed by atoms with E-state index in [0.717, 1.165) is 17.9 Å². The van der Waals surface area contributed by atoms with Gasteiger partial charge in [-0.2, -0.15) is 0 Å². The van der Waals surface area contributed by atoms with Crippen molar-refractivity contribution >= 4 is 21.6 Å². The summed E-state index contributed by atoms with van der Waals surface area (Å²) in [5.74, 6) is 0.719. The summed E-state index contributed by atoms with van der Waals surface area (Å²) < 4.78 is 1.28. The Morgan fingerprint density at radius 3 is 3.00 bits per heavy atom. The largest absolute Gasteiger partial charge is 0.245 e. The molecule has 13 heavy (non-hydrogen) atoms. The maximum Gasteiger partial charge on any atom is 0.0814 e. The maximum absolute atomic E-state index is 4.31. The fraction of sp³-hybridized carbons (Fsp3) is 0.364. The zero-order valence-corrected chi connectivity index (χ0v) is 8.77. The minimum atomic E-state index is 0.719. The summed E-state index contributed by atoms with van der Waals surface area (Å²) in [5.41, 5.74) is 4.45. The average molecular weight is 191 g/mol. The Morgan fingerprint density at radius 1 is 1.38 bits per heavy atom. The second-order valence-corrected chi connectivity index (χ2v) is 4.64. The molecule has 0 bridgehead atoms. The molecule has 68 valence electrons. The maximum atomic E-state index is 4.31. The van der Waals surface area contributed by atoms with Crippen LogP contribution in [0.5, 0.6) is 0 Å². The van der Waals surface area contributed by atoms with Crippen LogP contribution in [0.25, 0.3) is 10.2 Å². The van der Waals surface area contributed by atoms with Gasteiger partial charge in [-0.1, -0.05) is 19.9 Å². The zero-order valence-electron chi connectivity index (χ0n) is 7.95. The van der Waals surface area contributed by atoms with Crippen LogP contribution in [-0.4, -0.2) is 4.98 Å². The summed E-state index contributed by atoms with van der Waals surface area (Å²) in [6, 6.07) is 6.58. The van der Waals surface area contributed by atoms with Crippen LogP contribution in [0.3, 0.4) is 0 Å². The number of fused-ring (bicyclic) bond motifs is 1. The lowest BCUT2D eigenvalue weighted by Gasteiger charge is -2.03. The Labute approximate surface area is 82.4 Å². The first-order valence-electron chi connectivity index (χ1n) is 4.58. The van der Waals surface area contributed by atoms with Gasteiger partial charge in [-0.15, -0.1) is 11.3 Å². The molecular formula is C11H13NS. The second kappa shape index (κ2) is 3.46. The van der Waals surface area contributed by atoms with Gasteiger partial charge >= 0.3 is 0 Å². The highest BCUT2D eigenvalue weighted by molar-refractivity contribution is 7.16. The Morgan fingerprint density at radius 2 is 2.23 bits per heavy atom. The van der Waals surface area contributed by atoms with Gasteiger partial charge in [0.2, 0.25) is 0 Å². The van der Waals surface area contributed by atoms with Gasteiger partial charge in [0.15, 0.2) is 0 Å². The van der Waals surface area contributed by atoms with Crippen LogP contribution >= 0.6 is 11.3 Å². The predicted molar refractivity (Wildman–Crippen MR) is 58.2 cm³/mol. The van der Waals surface area contributed by atoms with Crippen molar-refractivity contribution in [3.05, 3.63) is 29.3 Å². The number of hydrogen-bond acceptors (Lipinski definition) is 2. The third kappa shape index (κ3) is 1.89. The van der Waals surface area contributed by atoms with Crippen LogP contribution in [0.1, 0.15) is 19.4 Å². The molecule has 0 aliphatic heterocycles. The van der Waals surface area contributed by atoms with E-state index >= 15 is 0 Å². The molecule has 2 rings (SSSR count). The minimum absolute atomic E-state index is 0.719. The SMILES string of the molecule is CC(C)Cc1ccc2scnc2c1. The molecule has 0 saturated heterocycles. The van der Waals surface area contributed by atoms with E-state index < -0.39 is 0 Å². The molecule has 0 atom stereocenters. The summed E-state index contributed by atoms with van der Waals surface area (Å²) in [7, 11) is 0. The van der Waals surface area contributed by atoms with Gasteiger partial charge in [0, 0.05) is 0 Å². The minimum Gasteiger partial charge on any atom is -0.245 e. The van der Waals surface area contributed by atoms with E-state index in [1.807, 2.05) is 5.51 Å². The van der Waals surface area contributed by atoms with Crippen molar-refractivity contribution in [1.82, 2.24) is 4.98 Å². The monoisotopic (exact) mass is 191 g/mol. The van der Waals surface area contributed by atoms with Gasteiger partial charge in [0.05, 0.1) is 15.7 Å². The Hall–Kier alpha value is -0.890. The van der Waals surface area contributed by atoms with Gasteiger partial charge in [-0.25, -0.2) is 4.98 Å². The molecule has 0 spiro atoms. The van der Waals surface area contributed by atoms with Crippen molar-refractivity contribution < 1.29 is 0 Å². The Balaban J connectivity index is 2.37. The normalized spacial score (nSPS) is 11.3. The molecule has 0 N–H and O–H groups in total. The van der Waals surface area contributed by atoms with Crippen LogP contribution in [-0.2, 0) is 6.42 Å². The van der Waals surface area contributed by atoms with Gasteiger partial charge < -0.3 is 0 Å². The smallest absolute Gasteiger partial charge is 0.0814 e. The lowest BCUT2D eigenvalue weighted by molar-refractivity contribution is 0.648. The Bertz CT molecular complexity index is 403. The summed E-state index contributed by atoms with van der Waals surface area (Å²) >= 11 is 1.70. The van der Waals surface area contributed by atoms with Crippen molar-refractivity contribution in [2.45, 2.75) is 20.3 Å². The summed E-state index contributed by atoms with van der Waals surface area (Å²) in [6.07, 6.45) is 1.15. The van der Waals surface area contributed by atoms with Crippen molar-refractivity contribution in [1.29, 1.82) is 0 Å². The third-order valence-corrected chi connectivity index (χ3v) is 2.85. The number of hydrogen-bond donors (Lipinski definition) is 0. The fourth-order valence-electron chi connectivity index (χ4n) is 1.50. The first-order chi connectivity index (χ1) is 6.25. The molecule has 2 aromatic rings. The molecule has 1 heterocycles. The topological polar surface area (TPSA) is 12.9 Å². The quantitative estimate of drug-likeness (QED) is 0.708. The van der Waals surface area contributed by atoms with E-state index in [-0.39, 0.29) is 0 Å². The molecule has 0 fully saturated rings. The third-order valence-electron chi connectivity index (χ3n) is 2.04. The molecular weight excluding hydrogens is 178 g/mol. The van der Waals surface area contributed by atoms with Crippen molar-refractivity contribution in [3.8, 4) is 0 Å². The molecule has 0 unspecified atom stereocenters. The fourth-order valence-corrected chi connectivity index (χ4v) is 2.16. The number of benzene rings is 1. The van der Waals surface area contributed by atoms with Crippen molar-refractivity contribution in [2.75, 3.05) is 0 Å². The van der Waals surface area contributed by atoms with Crippen LogP contribution < -0.4 is 0 Å². The molecule has 1 aromatic heterocycles. The molecule has 0 radical (unpaired) electrons. The van der Waals surface area contributed by atoms with E-state index in [1.54, 1.807) is 11.3 Å². The highest BCUT2D eigenvalue weighted by atomic mass is 32.1. The van der Waals surface area contributed by atoms with Crippen molar-refractivity contribution in [3.63, 3.8) is 0 Å². The summed E-state index contributed by atoms with van der Waals surface area (Å²) in [5, 5.41) is 0. The summed E-state index contributed by atoms with van der Waals surface area (Å²) in [4.78, 5) is 4.31. The van der Waals surface area contributed by atoms with E-state index in [2.05, 4.69) is 37.0 Å². The number of rotatable bonds is 2. The molecule has 1 nitrogen and oxygen atoms in total. The van der Waals surface area contributed by atoms with Crippen LogP contribution in [0.4, 0.5) is 0 Å². The van der Waals surface area contributed by atoms with Crippen LogP contribution in [0.2, 0.25) is 0 Å². The number of thiazole rings is 1. The second-order valence-electron chi connectivity index (χ2n) is 3.75. The van der Waals surface area contributed by atoms with E-state index in [4.69, 9.17) is 0 Å². The standard InChI is InChI=1S/C11H13NS/c1-8(2)5-9-3-4-11-10(6-9)12-7-13-11/h3-4,6-8H,5H2,1-2H3. The van der Waals surface area contributed by atoms with Crippen molar-refractivity contribution in [2.24, 2.45) is 5.92 Å². The molecule has 1 aromatic carbocycles. The highest BCUT2D eigenvalue weighted by Crippen LogP contribution is 2.20. The zero-order chi connectivity index (χ0) is 9.26. The number of aromatic nitrogens is 1. The van der Waals surface area contributed by atoms with Crippen LogP contribution in [0, 0.1) is 5.92 Å². The first kappa shape index (κ1) is 8.70. The molecule has 0 saturated carbocycles. The first-order valence-corrected chi connectivity index (χ1v) is 5.46. The van der Waals surface area contributed by atoms with Gasteiger partial charge in [0.1, 0.15) is 0 Å². The predicted octanol–water partition coefficient (Wildman–Crippen LogP) is 3.49. The number of nitrogens with zero attached hydrogens (tertiary/aromatic N) is 1. The lowest BCUT2D eigenvalue weighted by Crippen LogP contribution is -1.93. The van der Waals surface area contributed by atoms with Gasteiger partial charge in [0.25, 0.3) is 0 Å². The van der Waals surface area contributed by atoms with E-state index in [0.29, 0.717) is 0 Å². The average Bonchev–Trinajstić information content (AvgIpc) is 2.49.